The minimum absolute atomic E-state index is 0.167. The molecule has 2 aromatic carbocycles. The van der Waals surface area contributed by atoms with E-state index in [9.17, 15) is 9.59 Å². The van der Waals surface area contributed by atoms with Gasteiger partial charge >= 0.3 is 11.8 Å². The quantitative estimate of drug-likeness (QED) is 0.365. The molecule has 9 heteroatoms. The molecule has 0 saturated carbocycles. The van der Waals surface area contributed by atoms with Crippen LogP contribution < -0.4 is 20.3 Å². The fourth-order valence-corrected chi connectivity index (χ4v) is 4.59. The number of hydrogen-bond donors (Lipinski definition) is 2. The number of rotatable bonds is 8. The standard InChI is InChI=1S/C26H30N4O4S/c1-33-21-10-8-20(9-11-21)29-12-14-30(15-13-29)23(24-7-4-16-34-24)18-27-25(31)26(32)28-19-5-3-6-22(17-19)35-2/h3-11,16-17,23H,12-15,18H2,1-2H3,(H,27,31)(H,28,32). The van der Waals surface area contributed by atoms with Gasteiger partial charge in [-0.15, -0.1) is 11.8 Å². The van der Waals surface area contributed by atoms with Gasteiger partial charge in [0.15, 0.2) is 0 Å². The first-order chi connectivity index (χ1) is 17.1. The topological polar surface area (TPSA) is 87.0 Å². The summed E-state index contributed by atoms with van der Waals surface area (Å²) in [5.74, 6) is 0.233. The monoisotopic (exact) mass is 494 g/mol. The highest BCUT2D eigenvalue weighted by atomic mass is 32.2. The van der Waals surface area contributed by atoms with Crippen LogP contribution in [0.15, 0.2) is 76.2 Å². The van der Waals surface area contributed by atoms with Crippen molar-refractivity contribution in [2.75, 3.05) is 56.3 Å². The summed E-state index contributed by atoms with van der Waals surface area (Å²) in [4.78, 5) is 30.6. The van der Waals surface area contributed by atoms with E-state index >= 15 is 0 Å². The molecule has 1 aromatic heterocycles. The first kappa shape index (κ1) is 24.7. The minimum atomic E-state index is -0.689. The van der Waals surface area contributed by atoms with Gasteiger partial charge in [-0.3, -0.25) is 14.5 Å². The number of nitrogens with one attached hydrogen (secondary N) is 2. The summed E-state index contributed by atoms with van der Waals surface area (Å²) in [6, 6.07) is 19.0. The van der Waals surface area contributed by atoms with Gasteiger partial charge < -0.3 is 24.7 Å². The van der Waals surface area contributed by atoms with Crippen LogP contribution >= 0.6 is 11.8 Å². The lowest BCUT2D eigenvalue weighted by Crippen LogP contribution is -2.50. The van der Waals surface area contributed by atoms with Crippen molar-refractivity contribution in [1.82, 2.24) is 10.2 Å². The third-order valence-electron chi connectivity index (χ3n) is 6.05. The van der Waals surface area contributed by atoms with Crippen LogP contribution in [0.5, 0.6) is 5.75 Å². The Kier molecular flexibility index (Phi) is 8.33. The van der Waals surface area contributed by atoms with Crippen LogP contribution in [0.4, 0.5) is 11.4 Å². The maximum absolute atomic E-state index is 12.6. The fraction of sp³-hybridized carbons (Fsp3) is 0.308. The van der Waals surface area contributed by atoms with Gasteiger partial charge in [0, 0.05) is 49.0 Å². The first-order valence-electron chi connectivity index (χ1n) is 11.5. The van der Waals surface area contributed by atoms with E-state index in [0.717, 1.165) is 48.3 Å². The zero-order chi connectivity index (χ0) is 24.6. The van der Waals surface area contributed by atoms with E-state index in [1.807, 2.05) is 48.7 Å². The third-order valence-corrected chi connectivity index (χ3v) is 6.78. The minimum Gasteiger partial charge on any atom is -0.497 e. The molecule has 1 atom stereocenters. The van der Waals surface area contributed by atoms with Gasteiger partial charge in [-0.1, -0.05) is 6.07 Å². The molecular formula is C26H30N4O4S. The molecule has 35 heavy (non-hydrogen) atoms. The Balaban J connectivity index is 1.34. The number of furan rings is 1. The van der Waals surface area contributed by atoms with E-state index in [-0.39, 0.29) is 12.6 Å². The molecule has 2 amide bonds. The number of nitrogens with zero attached hydrogens (tertiary/aromatic N) is 2. The van der Waals surface area contributed by atoms with E-state index in [2.05, 4.69) is 32.6 Å². The number of piperazine rings is 1. The summed E-state index contributed by atoms with van der Waals surface area (Å²) >= 11 is 1.57. The van der Waals surface area contributed by atoms with E-state index in [1.54, 1.807) is 31.2 Å². The Labute approximate surface area is 209 Å². The highest BCUT2D eigenvalue weighted by molar-refractivity contribution is 7.98. The van der Waals surface area contributed by atoms with Crippen molar-refractivity contribution in [1.29, 1.82) is 0 Å². The average Bonchev–Trinajstić information content (AvgIpc) is 3.44. The van der Waals surface area contributed by atoms with Crippen LogP contribution in [0.1, 0.15) is 11.8 Å². The molecule has 1 aliphatic heterocycles. The van der Waals surface area contributed by atoms with Gasteiger partial charge in [-0.2, -0.15) is 0 Å². The highest BCUT2D eigenvalue weighted by Crippen LogP contribution is 2.25. The lowest BCUT2D eigenvalue weighted by Gasteiger charge is -2.39. The van der Waals surface area contributed by atoms with Crippen LogP contribution in [-0.4, -0.2) is 62.8 Å². The molecule has 8 nitrogen and oxygen atoms in total. The molecule has 1 saturated heterocycles. The van der Waals surface area contributed by atoms with Gasteiger partial charge in [0.1, 0.15) is 11.5 Å². The highest BCUT2D eigenvalue weighted by Gasteiger charge is 2.28. The van der Waals surface area contributed by atoms with Crippen molar-refractivity contribution in [2.45, 2.75) is 10.9 Å². The fourth-order valence-electron chi connectivity index (χ4n) is 4.13. The van der Waals surface area contributed by atoms with Crippen LogP contribution in [-0.2, 0) is 9.59 Å². The van der Waals surface area contributed by atoms with E-state index < -0.39 is 11.8 Å². The number of anilines is 2. The maximum Gasteiger partial charge on any atom is 0.313 e. The summed E-state index contributed by atoms with van der Waals surface area (Å²) in [6.07, 6.45) is 3.59. The zero-order valence-electron chi connectivity index (χ0n) is 19.9. The van der Waals surface area contributed by atoms with Crippen LogP contribution in [0, 0.1) is 0 Å². The molecule has 0 spiro atoms. The smallest absolute Gasteiger partial charge is 0.313 e. The van der Waals surface area contributed by atoms with Gasteiger partial charge in [-0.05, 0) is 60.9 Å². The van der Waals surface area contributed by atoms with Crippen molar-refractivity contribution in [3.8, 4) is 5.75 Å². The molecule has 3 aromatic rings. The number of methoxy groups -OCH3 is 1. The molecule has 1 unspecified atom stereocenters. The lowest BCUT2D eigenvalue weighted by atomic mass is 10.1. The summed E-state index contributed by atoms with van der Waals surface area (Å²) in [7, 11) is 1.66. The second-order valence-electron chi connectivity index (χ2n) is 8.15. The Morgan fingerprint density at radius 1 is 1.03 bits per heavy atom. The third kappa shape index (κ3) is 6.37. The number of carbonyl (C=O) groups excluding carboxylic acids is 2. The Morgan fingerprint density at radius 2 is 1.80 bits per heavy atom. The molecule has 0 aliphatic carbocycles. The predicted octanol–water partition coefficient (Wildman–Crippen LogP) is 3.63. The summed E-state index contributed by atoms with van der Waals surface area (Å²) in [5, 5.41) is 5.46. The molecule has 0 radical (unpaired) electrons. The van der Waals surface area contributed by atoms with Crippen LogP contribution in [0.2, 0.25) is 0 Å². The SMILES string of the molecule is COc1ccc(N2CCN(C(CNC(=O)C(=O)Nc3cccc(SC)c3)c3ccco3)CC2)cc1. The van der Waals surface area contributed by atoms with E-state index in [4.69, 9.17) is 9.15 Å². The van der Waals surface area contributed by atoms with Crippen molar-refractivity contribution in [3.63, 3.8) is 0 Å². The van der Waals surface area contributed by atoms with Crippen molar-refractivity contribution < 1.29 is 18.7 Å². The van der Waals surface area contributed by atoms with Crippen molar-refractivity contribution in [3.05, 3.63) is 72.7 Å². The number of thioether (sulfide) groups is 1. The molecular weight excluding hydrogens is 464 g/mol. The summed E-state index contributed by atoms with van der Waals surface area (Å²) < 4.78 is 10.9. The summed E-state index contributed by atoms with van der Waals surface area (Å²) in [6.45, 7) is 3.53. The van der Waals surface area contributed by atoms with Gasteiger partial charge in [-0.25, -0.2) is 0 Å². The van der Waals surface area contributed by atoms with Gasteiger partial charge in [0.25, 0.3) is 0 Å². The van der Waals surface area contributed by atoms with E-state index in [1.165, 1.54) is 0 Å². The first-order valence-corrected chi connectivity index (χ1v) is 12.7. The lowest BCUT2D eigenvalue weighted by molar-refractivity contribution is -0.136. The Hall–Kier alpha value is -3.43. The molecule has 4 rings (SSSR count). The average molecular weight is 495 g/mol. The number of carbonyl (C=O) groups is 2. The Morgan fingerprint density at radius 3 is 2.46 bits per heavy atom. The zero-order valence-corrected chi connectivity index (χ0v) is 20.7. The van der Waals surface area contributed by atoms with Crippen LogP contribution in [0.3, 0.4) is 0 Å². The second-order valence-corrected chi connectivity index (χ2v) is 9.03. The predicted molar refractivity (Wildman–Crippen MR) is 138 cm³/mol. The number of amides is 2. The molecule has 0 bridgehead atoms. The second kappa shape index (κ2) is 11.8. The molecule has 1 aliphatic rings. The number of benzene rings is 2. The van der Waals surface area contributed by atoms with E-state index in [0.29, 0.717) is 5.69 Å². The molecule has 184 valence electrons. The van der Waals surface area contributed by atoms with Crippen molar-refractivity contribution >= 4 is 35.0 Å². The summed E-state index contributed by atoms with van der Waals surface area (Å²) in [5.41, 5.74) is 1.74. The molecule has 1 fully saturated rings. The van der Waals surface area contributed by atoms with Crippen molar-refractivity contribution in [2.24, 2.45) is 0 Å². The normalized spacial score (nSPS) is 14.9. The molecule has 2 N–H and O–H groups in total. The Bertz CT molecular complexity index is 1110. The van der Waals surface area contributed by atoms with Gasteiger partial charge in [0.2, 0.25) is 0 Å². The van der Waals surface area contributed by atoms with Crippen LogP contribution in [0.25, 0.3) is 0 Å². The molecule has 2 heterocycles. The number of ether oxygens (including phenoxy) is 1. The largest absolute Gasteiger partial charge is 0.497 e. The van der Waals surface area contributed by atoms with Gasteiger partial charge in [0.05, 0.1) is 19.4 Å². The number of hydrogen-bond acceptors (Lipinski definition) is 7. The maximum atomic E-state index is 12.6.